The Morgan fingerprint density at radius 2 is 2.09 bits per heavy atom. The molecule has 180 valence electrons. The Morgan fingerprint density at radius 3 is 2.97 bits per heavy atom. The highest BCUT2D eigenvalue weighted by atomic mass is 32.1. The van der Waals surface area contributed by atoms with Crippen LogP contribution in [0.3, 0.4) is 0 Å². The first-order valence-corrected chi connectivity index (χ1v) is 13.2. The van der Waals surface area contributed by atoms with E-state index in [0.717, 1.165) is 47.7 Å². The van der Waals surface area contributed by atoms with Crippen molar-refractivity contribution in [1.82, 2.24) is 9.97 Å². The second-order valence-electron chi connectivity index (χ2n) is 10.2. The molecule has 1 fully saturated rings. The fraction of sp³-hybridized carbons (Fsp3) is 0.345. The summed E-state index contributed by atoms with van der Waals surface area (Å²) in [6.07, 6.45) is 8.77. The van der Waals surface area contributed by atoms with E-state index < -0.39 is 0 Å². The largest absolute Gasteiger partial charge is 0.489 e. The second-order valence-corrected chi connectivity index (χ2v) is 11.2. The summed E-state index contributed by atoms with van der Waals surface area (Å²) < 4.78 is 13.3. The van der Waals surface area contributed by atoms with Gasteiger partial charge in [-0.05, 0) is 47.6 Å². The monoisotopic (exact) mass is 485 g/mol. The number of hydrogen-bond donors (Lipinski definition) is 1. The molecule has 1 atom stereocenters. The molecule has 1 saturated heterocycles. The summed E-state index contributed by atoms with van der Waals surface area (Å²) >= 11 is 1.81. The third-order valence-electron chi connectivity index (χ3n) is 6.93. The van der Waals surface area contributed by atoms with Gasteiger partial charge in [0.1, 0.15) is 12.4 Å². The van der Waals surface area contributed by atoms with Crippen molar-refractivity contribution in [3.05, 3.63) is 75.7 Å². The zero-order chi connectivity index (χ0) is 23.8. The predicted molar refractivity (Wildman–Crippen MR) is 143 cm³/mol. The molecule has 5 nitrogen and oxygen atoms in total. The molecule has 0 spiro atoms. The number of aromatic nitrogens is 2. The average molecular weight is 486 g/mol. The van der Waals surface area contributed by atoms with E-state index in [4.69, 9.17) is 14.5 Å². The van der Waals surface area contributed by atoms with Gasteiger partial charge >= 0.3 is 0 Å². The highest BCUT2D eigenvalue weighted by Gasteiger charge is 2.27. The SMILES string of the molecule is CC1(C)C=c2nc(N3CCOC[C@@H]3Cc3c[nH]c4ccc(OCc5ccccc5)cc34)sc2=CC1. The maximum absolute atomic E-state index is 6.10. The van der Waals surface area contributed by atoms with E-state index in [9.17, 15) is 0 Å². The molecule has 3 heterocycles. The summed E-state index contributed by atoms with van der Waals surface area (Å²) in [6.45, 7) is 7.44. The first-order valence-electron chi connectivity index (χ1n) is 12.4. The molecule has 4 aromatic rings. The summed E-state index contributed by atoms with van der Waals surface area (Å²) in [5.74, 6) is 0.889. The zero-order valence-corrected chi connectivity index (χ0v) is 21.1. The van der Waals surface area contributed by atoms with Gasteiger partial charge in [-0.1, -0.05) is 67.7 Å². The number of anilines is 1. The van der Waals surface area contributed by atoms with Crippen molar-refractivity contribution in [2.24, 2.45) is 5.41 Å². The highest BCUT2D eigenvalue weighted by molar-refractivity contribution is 7.13. The van der Waals surface area contributed by atoms with Crippen LogP contribution in [0.25, 0.3) is 23.1 Å². The van der Waals surface area contributed by atoms with Crippen molar-refractivity contribution in [1.29, 1.82) is 0 Å². The maximum Gasteiger partial charge on any atom is 0.186 e. The van der Waals surface area contributed by atoms with Crippen LogP contribution < -0.4 is 19.5 Å². The molecule has 0 bridgehead atoms. The standard InChI is InChI=1S/C29H31N3O2S/c1-29(2)11-10-27-26(16-29)31-28(35-27)32-12-13-33-19-22(32)14-21-17-30-25-9-8-23(15-24(21)25)34-18-20-6-4-3-5-7-20/h3-10,15-17,22,30H,11-14,18-19H2,1-2H3/t22-/m0/s1. The van der Waals surface area contributed by atoms with Gasteiger partial charge < -0.3 is 19.4 Å². The van der Waals surface area contributed by atoms with E-state index in [1.807, 2.05) is 35.6 Å². The molecule has 0 radical (unpaired) electrons. The minimum absolute atomic E-state index is 0.174. The topological polar surface area (TPSA) is 50.4 Å². The molecule has 1 aliphatic carbocycles. The molecule has 0 saturated carbocycles. The van der Waals surface area contributed by atoms with Crippen molar-refractivity contribution < 1.29 is 9.47 Å². The van der Waals surface area contributed by atoms with Crippen LogP contribution in [0.4, 0.5) is 5.13 Å². The van der Waals surface area contributed by atoms with Gasteiger partial charge in [0, 0.05) is 23.6 Å². The number of nitrogens with one attached hydrogen (secondary N) is 1. The van der Waals surface area contributed by atoms with E-state index in [1.54, 1.807) is 0 Å². The Labute approximate surface area is 209 Å². The number of hydrogen-bond acceptors (Lipinski definition) is 5. The van der Waals surface area contributed by atoms with E-state index in [1.165, 1.54) is 21.0 Å². The molecule has 0 unspecified atom stereocenters. The van der Waals surface area contributed by atoms with E-state index in [0.29, 0.717) is 13.2 Å². The summed E-state index contributed by atoms with van der Waals surface area (Å²) in [5, 5.41) is 3.46. The van der Waals surface area contributed by atoms with Gasteiger partial charge in [-0.25, -0.2) is 4.98 Å². The molecule has 1 N–H and O–H groups in total. The number of fused-ring (bicyclic) bond motifs is 2. The molecule has 0 amide bonds. The molecule has 6 heteroatoms. The Bertz CT molecular complexity index is 1450. The Morgan fingerprint density at radius 1 is 1.20 bits per heavy atom. The van der Waals surface area contributed by atoms with Gasteiger partial charge in [-0.3, -0.25) is 0 Å². The van der Waals surface area contributed by atoms with Crippen LogP contribution in [-0.2, 0) is 17.8 Å². The first-order chi connectivity index (χ1) is 17.0. The lowest BCUT2D eigenvalue weighted by Crippen LogP contribution is -2.47. The molecule has 2 aromatic heterocycles. The minimum atomic E-state index is 0.174. The Balaban J connectivity index is 1.24. The fourth-order valence-electron chi connectivity index (χ4n) is 4.98. The molecule has 2 aromatic carbocycles. The Hall–Kier alpha value is -3.09. The normalized spacial score (nSPS) is 19.1. The molecule has 6 rings (SSSR count). The molecular weight excluding hydrogens is 454 g/mol. The number of morpholine rings is 1. The van der Waals surface area contributed by atoms with Crippen molar-refractivity contribution >= 4 is 39.5 Å². The molecular formula is C29H31N3O2S. The third kappa shape index (κ3) is 4.73. The van der Waals surface area contributed by atoms with Crippen molar-refractivity contribution in [2.45, 2.75) is 39.3 Å². The van der Waals surface area contributed by atoms with Crippen molar-refractivity contribution in [3.63, 3.8) is 0 Å². The summed E-state index contributed by atoms with van der Waals surface area (Å²) in [4.78, 5) is 11.0. The fourth-order valence-corrected chi connectivity index (χ4v) is 6.05. The molecule has 35 heavy (non-hydrogen) atoms. The first kappa shape index (κ1) is 22.4. The van der Waals surface area contributed by atoms with Crippen molar-refractivity contribution in [2.75, 3.05) is 24.7 Å². The second kappa shape index (κ2) is 9.17. The smallest absolute Gasteiger partial charge is 0.186 e. The number of nitrogens with zero attached hydrogens (tertiary/aromatic N) is 2. The van der Waals surface area contributed by atoms with E-state index >= 15 is 0 Å². The molecule has 1 aliphatic heterocycles. The number of thiazole rings is 1. The minimum Gasteiger partial charge on any atom is -0.489 e. The highest BCUT2D eigenvalue weighted by Crippen LogP contribution is 2.29. The van der Waals surface area contributed by atoms with Gasteiger partial charge in [0.2, 0.25) is 0 Å². The van der Waals surface area contributed by atoms with Crippen LogP contribution >= 0.6 is 11.3 Å². The lowest BCUT2D eigenvalue weighted by Gasteiger charge is -2.35. The lowest BCUT2D eigenvalue weighted by atomic mass is 9.87. The third-order valence-corrected chi connectivity index (χ3v) is 8.03. The van der Waals surface area contributed by atoms with Crippen LogP contribution in [0.5, 0.6) is 5.75 Å². The number of rotatable bonds is 6. The van der Waals surface area contributed by atoms with Crippen molar-refractivity contribution in [3.8, 4) is 5.75 Å². The van der Waals surface area contributed by atoms with Gasteiger partial charge in [-0.15, -0.1) is 0 Å². The van der Waals surface area contributed by atoms with Gasteiger partial charge in [0.05, 0.1) is 29.1 Å². The number of ether oxygens (including phenoxy) is 2. The number of benzene rings is 2. The quantitative estimate of drug-likeness (QED) is 0.432. The maximum atomic E-state index is 6.10. The van der Waals surface area contributed by atoms with E-state index in [2.05, 4.69) is 66.3 Å². The predicted octanol–water partition coefficient (Wildman–Crippen LogP) is 4.64. The van der Waals surface area contributed by atoms with Crippen LogP contribution in [0.2, 0.25) is 0 Å². The van der Waals surface area contributed by atoms with Gasteiger partial charge in [0.15, 0.2) is 5.13 Å². The van der Waals surface area contributed by atoms with Crippen LogP contribution in [0.15, 0.2) is 54.7 Å². The van der Waals surface area contributed by atoms with Gasteiger partial charge in [-0.2, -0.15) is 0 Å². The van der Waals surface area contributed by atoms with Crippen LogP contribution in [0.1, 0.15) is 31.4 Å². The summed E-state index contributed by atoms with van der Waals surface area (Å²) in [7, 11) is 0. The molecule has 2 aliphatic rings. The van der Waals surface area contributed by atoms with E-state index in [-0.39, 0.29) is 11.5 Å². The zero-order valence-electron chi connectivity index (χ0n) is 20.3. The summed E-state index contributed by atoms with van der Waals surface area (Å²) in [6, 6.07) is 16.8. The van der Waals surface area contributed by atoms with Crippen LogP contribution in [0, 0.1) is 5.41 Å². The number of H-pyrrole nitrogens is 1. The average Bonchev–Trinajstić information content (AvgIpc) is 3.46. The van der Waals surface area contributed by atoms with Gasteiger partial charge in [0.25, 0.3) is 0 Å². The Kier molecular flexibility index (Phi) is 5.86. The number of aromatic amines is 1. The van der Waals surface area contributed by atoms with Crippen LogP contribution in [-0.4, -0.2) is 35.8 Å². The lowest BCUT2D eigenvalue weighted by molar-refractivity contribution is 0.0941. The summed E-state index contributed by atoms with van der Waals surface area (Å²) in [5.41, 5.74) is 3.76.